The SMILES string of the molecule is C[Si]C.Cc1cc(C)c(C)c(-c2cccc3[cH-]c(C(C)C)cc23)c1.Cc1cc(C)c(C)c(-c2cccc3[cH-]c(C(C)C)cc23)c1.[Zr+2]. The van der Waals surface area contributed by atoms with Crippen LogP contribution in [0.4, 0.5) is 0 Å². The molecule has 0 atom stereocenters. The minimum absolute atomic E-state index is 0. The molecule has 0 heterocycles. The molecule has 0 unspecified atom stereocenters. The molecule has 0 fully saturated rings. The zero-order valence-corrected chi connectivity index (χ0v) is 33.7. The molecule has 0 aliphatic carbocycles. The van der Waals surface area contributed by atoms with E-state index in [-0.39, 0.29) is 26.2 Å². The predicted octanol–water partition coefficient (Wildman–Crippen LogP) is 13.3. The van der Waals surface area contributed by atoms with Crippen molar-refractivity contribution in [1.29, 1.82) is 0 Å². The van der Waals surface area contributed by atoms with Crippen LogP contribution in [0.3, 0.4) is 0 Å². The maximum absolute atomic E-state index is 2.37. The fourth-order valence-corrected chi connectivity index (χ4v) is 6.29. The molecular formula is C44H52SiZr. The van der Waals surface area contributed by atoms with Gasteiger partial charge in [0.05, 0.1) is 0 Å². The third-order valence-corrected chi connectivity index (χ3v) is 9.08. The monoisotopic (exact) mass is 698 g/mol. The normalized spacial score (nSPS) is 10.9. The Morgan fingerprint density at radius 3 is 1.17 bits per heavy atom. The summed E-state index contributed by atoms with van der Waals surface area (Å²) in [7, 11) is 1.08. The molecule has 0 bridgehead atoms. The average molecular weight is 700 g/mol. The quantitative estimate of drug-likeness (QED) is 0.127. The van der Waals surface area contributed by atoms with E-state index < -0.39 is 0 Å². The van der Waals surface area contributed by atoms with Crippen molar-refractivity contribution in [2.24, 2.45) is 0 Å². The molecule has 2 heteroatoms. The van der Waals surface area contributed by atoms with Gasteiger partial charge < -0.3 is 0 Å². The Kier molecular flexibility index (Phi) is 13.4. The first-order chi connectivity index (χ1) is 21.4. The molecule has 2 radical (unpaired) electrons. The van der Waals surface area contributed by atoms with Crippen molar-refractivity contribution < 1.29 is 26.2 Å². The summed E-state index contributed by atoms with van der Waals surface area (Å²) in [6, 6.07) is 31.9. The third kappa shape index (κ3) is 8.37. The number of aryl methyl sites for hydroxylation is 4. The van der Waals surface area contributed by atoms with Crippen molar-refractivity contribution in [3.8, 4) is 22.3 Å². The van der Waals surface area contributed by atoms with Crippen LogP contribution in [0, 0.1) is 41.5 Å². The zero-order valence-electron chi connectivity index (χ0n) is 30.2. The van der Waals surface area contributed by atoms with E-state index in [1.54, 1.807) is 0 Å². The van der Waals surface area contributed by atoms with Gasteiger partial charge in [-0.05, 0) is 86.8 Å². The minimum Gasteiger partial charge on any atom is -0.164 e. The smallest absolute Gasteiger partial charge is 0.164 e. The standard InChI is InChI=1S/2C21H23.C2H6Si.Zr/c2*1-13(2)18-11-17-7-6-8-19(21(17)12-18)20-10-14(3)9-15(4)16(20)5;1-3-2;/h2*6-13H,1-5H3;1-2H3;/q2*-1;;+2. The molecule has 0 aliphatic rings. The molecule has 6 rings (SSSR count). The molecule has 0 nitrogen and oxygen atoms in total. The van der Waals surface area contributed by atoms with Crippen LogP contribution in [0.25, 0.3) is 43.8 Å². The number of fused-ring (bicyclic) bond motifs is 2. The van der Waals surface area contributed by atoms with Crippen LogP contribution in [-0.2, 0) is 26.2 Å². The second-order valence-corrected chi connectivity index (χ2v) is 14.5. The first-order valence-electron chi connectivity index (χ1n) is 16.5. The Hall–Kier alpha value is -2.80. The predicted molar refractivity (Wildman–Crippen MR) is 204 cm³/mol. The molecule has 0 aliphatic heterocycles. The number of rotatable bonds is 4. The summed E-state index contributed by atoms with van der Waals surface area (Å²) >= 11 is 0. The summed E-state index contributed by atoms with van der Waals surface area (Å²) in [5.41, 5.74) is 16.5. The van der Waals surface area contributed by atoms with E-state index in [2.05, 4.69) is 167 Å². The van der Waals surface area contributed by atoms with Crippen molar-refractivity contribution in [2.45, 2.75) is 94.2 Å². The molecule has 0 amide bonds. The topological polar surface area (TPSA) is 0 Å². The largest absolute Gasteiger partial charge is 2.00 e. The maximum Gasteiger partial charge on any atom is 2.00 e. The first-order valence-corrected chi connectivity index (χ1v) is 18.5. The van der Waals surface area contributed by atoms with Crippen molar-refractivity contribution in [3.05, 3.63) is 129 Å². The molecule has 0 saturated heterocycles. The van der Waals surface area contributed by atoms with Crippen LogP contribution in [0.1, 0.15) is 84.0 Å². The summed E-state index contributed by atoms with van der Waals surface area (Å²) < 4.78 is 0. The van der Waals surface area contributed by atoms with Gasteiger partial charge in [-0.15, -0.1) is 69.1 Å². The molecule has 0 spiro atoms. The molecule has 46 heavy (non-hydrogen) atoms. The van der Waals surface area contributed by atoms with Gasteiger partial charge in [0.1, 0.15) is 0 Å². The Balaban J connectivity index is 0.000000226. The van der Waals surface area contributed by atoms with Gasteiger partial charge in [0, 0.05) is 9.52 Å². The summed E-state index contributed by atoms with van der Waals surface area (Å²) in [6.45, 7) is 26.6. The van der Waals surface area contributed by atoms with E-state index in [1.165, 1.54) is 88.3 Å². The third-order valence-electron chi connectivity index (χ3n) is 9.08. The van der Waals surface area contributed by atoms with Crippen molar-refractivity contribution in [2.75, 3.05) is 0 Å². The van der Waals surface area contributed by atoms with Gasteiger partial charge in [-0.1, -0.05) is 99.4 Å². The number of hydrogen-bond donors (Lipinski definition) is 0. The van der Waals surface area contributed by atoms with Crippen molar-refractivity contribution in [1.82, 2.24) is 0 Å². The van der Waals surface area contributed by atoms with E-state index in [0.29, 0.717) is 11.8 Å². The Morgan fingerprint density at radius 2 is 0.848 bits per heavy atom. The van der Waals surface area contributed by atoms with Gasteiger partial charge in [0.2, 0.25) is 0 Å². The Bertz CT molecular complexity index is 1770. The summed E-state index contributed by atoms with van der Waals surface area (Å²) in [6.07, 6.45) is 0. The van der Waals surface area contributed by atoms with Crippen molar-refractivity contribution in [3.63, 3.8) is 0 Å². The average Bonchev–Trinajstić information content (AvgIpc) is 3.63. The fourth-order valence-electron chi connectivity index (χ4n) is 6.29. The molecule has 6 aromatic carbocycles. The molecule has 0 saturated carbocycles. The van der Waals surface area contributed by atoms with E-state index in [1.807, 2.05) is 0 Å². The summed E-state index contributed by atoms with van der Waals surface area (Å²) in [5.74, 6) is 1.15. The van der Waals surface area contributed by atoms with Gasteiger partial charge in [-0.3, -0.25) is 0 Å². The zero-order chi connectivity index (χ0) is 33.0. The van der Waals surface area contributed by atoms with Crippen LogP contribution >= 0.6 is 0 Å². The van der Waals surface area contributed by atoms with E-state index in [9.17, 15) is 0 Å². The van der Waals surface area contributed by atoms with E-state index in [0.717, 1.165) is 9.52 Å². The molecule has 6 aromatic rings. The van der Waals surface area contributed by atoms with Gasteiger partial charge in [0.25, 0.3) is 0 Å². The van der Waals surface area contributed by atoms with Gasteiger partial charge in [-0.2, -0.15) is 12.1 Å². The summed E-state index contributed by atoms with van der Waals surface area (Å²) in [5, 5.41) is 5.48. The molecule has 0 aromatic heterocycles. The van der Waals surface area contributed by atoms with E-state index >= 15 is 0 Å². The van der Waals surface area contributed by atoms with Crippen LogP contribution in [0.15, 0.2) is 84.9 Å². The number of hydrogen-bond acceptors (Lipinski definition) is 0. The van der Waals surface area contributed by atoms with Gasteiger partial charge in [0.15, 0.2) is 0 Å². The molecule has 236 valence electrons. The van der Waals surface area contributed by atoms with Crippen LogP contribution in [0.2, 0.25) is 13.1 Å². The Labute approximate surface area is 301 Å². The minimum atomic E-state index is 0. The van der Waals surface area contributed by atoms with E-state index in [4.69, 9.17) is 0 Å². The second-order valence-electron chi connectivity index (χ2n) is 13.5. The van der Waals surface area contributed by atoms with Crippen LogP contribution in [-0.4, -0.2) is 9.52 Å². The Morgan fingerprint density at radius 1 is 0.500 bits per heavy atom. The van der Waals surface area contributed by atoms with Gasteiger partial charge in [-0.25, -0.2) is 0 Å². The van der Waals surface area contributed by atoms with Crippen LogP contribution < -0.4 is 0 Å². The molecular weight excluding hydrogens is 648 g/mol. The maximum atomic E-state index is 2.37. The first kappa shape index (κ1) is 37.7. The number of benzene rings is 4. The fraction of sp³-hybridized carbons (Fsp3) is 0.318. The van der Waals surface area contributed by atoms with Gasteiger partial charge >= 0.3 is 26.2 Å². The van der Waals surface area contributed by atoms with Crippen molar-refractivity contribution >= 4 is 31.1 Å². The van der Waals surface area contributed by atoms with Crippen LogP contribution in [0.5, 0.6) is 0 Å². The summed E-state index contributed by atoms with van der Waals surface area (Å²) in [4.78, 5) is 0. The molecule has 0 N–H and O–H groups in total. The second kappa shape index (κ2) is 16.3.